The number of ether oxygens (including phenoxy) is 1. The lowest BCUT2D eigenvalue weighted by atomic mass is 9.43. The van der Waals surface area contributed by atoms with Gasteiger partial charge in [-0.1, -0.05) is 79.7 Å². The molecule has 0 radical (unpaired) electrons. The smallest absolute Gasteiger partial charge is 0.404 e. The Morgan fingerprint density at radius 1 is 1.00 bits per heavy atom. The predicted octanol–water partition coefficient (Wildman–Crippen LogP) is 5.66. The van der Waals surface area contributed by atoms with Gasteiger partial charge in [0.2, 0.25) is 5.60 Å². The van der Waals surface area contributed by atoms with Crippen molar-refractivity contribution in [2.45, 2.75) is 89.7 Å². The fourth-order valence-electron chi connectivity index (χ4n) is 8.28. The molecule has 1 N–H and O–H groups in total. The van der Waals surface area contributed by atoms with Crippen molar-refractivity contribution in [2.24, 2.45) is 22.4 Å². The number of aryl methyl sites for hydroxylation is 1. The predicted molar refractivity (Wildman–Crippen MR) is 177 cm³/mol. The first-order valence-electron chi connectivity index (χ1n) is 16.6. The van der Waals surface area contributed by atoms with E-state index in [1.807, 2.05) is 67.6 Å². The molecule has 2 bridgehead atoms. The molecule has 1 aromatic heterocycles. The molecular formula is C37H44BN3O5. The largest absolute Gasteiger partial charge is 0.482 e. The Morgan fingerprint density at radius 2 is 1.74 bits per heavy atom. The minimum Gasteiger partial charge on any atom is -0.404 e. The Hall–Kier alpha value is -3.53. The number of hydrogen-bond acceptors (Lipinski definition) is 7. The fourth-order valence-corrected chi connectivity index (χ4v) is 8.28. The van der Waals surface area contributed by atoms with Crippen LogP contribution in [0.1, 0.15) is 62.4 Å². The van der Waals surface area contributed by atoms with E-state index in [2.05, 4.69) is 48.4 Å². The molecule has 5 aliphatic rings. The van der Waals surface area contributed by atoms with Crippen LogP contribution in [0.2, 0.25) is 0 Å². The lowest BCUT2D eigenvalue weighted by molar-refractivity contribution is -0.199. The SMILES string of the molecule is Cc1cc(COCC2=NOC(Cc3ccccc3)(C(=O)N[C@@H](Cc3ccccc3)B3O[C@@H]4C[C@@H]5C[C@@H](C5(C)C)[C@]4(C)O3)C2)ccn1. The van der Waals surface area contributed by atoms with E-state index in [1.165, 1.54) is 6.42 Å². The van der Waals surface area contributed by atoms with Crippen LogP contribution >= 0.6 is 0 Å². The molecule has 1 unspecified atom stereocenters. The van der Waals surface area contributed by atoms with Gasteiger partial charge in [0.15, 0.2) is 0 Å². The summed E-state index contributed by atoms with van der Waals surface area (Å²) in [6, 6.07) is 24.1. The Kier molecular flexibility index (Phi) is 8.28. The minimum absolute atomic E-state index is 0.0155. The zero-order chi connectivity index (χ0) is 31.9. The molecule has 3 aliphatic carbocycles. The minimum atomic E-state index is -1.22. The molecule has 6 atom stereocenters. The van der Waals surface area contributed by atoms with Gasteiger partial charge in [-0.3, -0.25) is 9.78 Å². The molecular weight excluding hydrogens is 577 g/mol. The second-order valence-corrected chi connectivity index (χ2v) is 14.5. The number of pyridine rings is 1. The van der Waals surface area contributed by atoms with Gasteiger partial charge in [-0.25, -0.2) is 0 Å². The van der Waals surface area contributed by atoms with E-state index in [0.717, 1.165) is 28.8 Å². The highest BCUT2D eigenvalue weighted by Crippen LogP contribution is 2.65. The van der Waals surface area contributed by atoms with Gasteiger partial charge in [-0.2, -0.15) is 0 Å². The molecule has 2 aromatic carbocycles. The average Bonchev–Trinajstić information content (AvgIpc) is 3.63. The number of rotatable bonds is 11. The number of carbonyl (C=O) groups is 1. The average molecular weight is 622 g/mol. The van der Waals surface area contributed by atoms with Gasteiger partial charge in [-0.15, -0.1) is 0 Å². The van der Waals surface area contributed by atoms with Crippen molar-refractivity contribution in [3.8, 4) is 0 Å². The van der Waals surface area contributed by atoms with E-state index in [-0.39, 0.29) is 29.6 Å². The summed E-state index contributed by atoms with van der Waals surface area (Å²) in [5.74, 6) is 0.430. The highest BCUT2D eigenvalue weighted by atomic mass is 16.7. The second kappa shape index (κ2) is 12.3. The van der Waals surface area contributed by atoms with Crippen LogP contribution in [0.5, 0.6) is 0 Å². The van der Waals surface area contributed by atoms with Crippen molar-refractivity contribution in [1.82, 2.24) is 10.3 Å². The molecule has 3 heterocycles. The highest BCUT2D eigenvalue weighted by molar-refractivity contribution is 6.48. The normalized spacial score (nSPS) is 29.7. The number of carbonyl (C=O) groups excluding carboxylic acids is 1. The molecule has 1 amide bonds. The topological polar surface area (TPSA) is 91.3 Å². The van der Waals surface area contributed by atoms with Gasteiger partial charge in [0, 0.05) is 24.7 Å². The van der Waals surface area contributed by atoms with E-state index in [1.54, 1.807) is 6.20 Å². The van der Waals surface area contributed by atoms with E-state index in [0.29, 0.717) is 43.4 Å². The number of hydrogen-bond donors (Lipinski definition) is 1. The van der Waals surface area contributed by atoms with Gasteiger partial charge in [0.05, 0.1) is 36.6 Å². The second-order valence-electron chi connectivity index (χ2n) is 14.5. The van der Waals surface area contributed by atoms with Crippen LogP contribution in [0, 0.1) is 24.2 Å². The summed E-state index contributed by atoms with van der Waals surface area (Å²) in [6.07, 6.45) is 5.22. The molecule has 46 heavy (non-hydrogen) atoms. The Morgan fingerprint density at radius 3 is 2.46 bits per heavy atom. The summed E-state index contributed by atoms with van der Waals surface area (Å²) in [5.41, 5.74) is 3.40. The third kappa shape index (κ3) is 5.89. The maximum atomic E-state index is 14.5. The van der Waals surface area contributed by atoms with E-state index in [4.69, 9.17) is 18.9 Å². The van der Waals surface area contributed by atoms with Crippen LogP contribution in [0.4, 0.5) is 0 Å². The maximum Gasteiger partial charge on any atom is 0.482 e. The fraction of sp³-hybridized carbons (Fsp3) is 0.486. The molecule has 0 spiro atoms. The monoisotopic (exact) mass is 621 g/mol. The van der Waals surface area contributed by atoms with Crippen LogP contribution in [-0.2, 0) is 43.1 Å². The van der Waals surface area contributed by atoms with Crippen molar-refractivity contribution < 1.29 is 23.7 Å². The van der Waals surface area contributed by atoms with Gasteiger partial charge < -0.3 is 24.2 Å². The van der Waals surface area contributed by atoms with E-state index in [9.17, 15) is 4.79 Å². The third-order valence-electron chi connectivity index (χ3n) is 11.0. The van der Waals surface area contributed by atoms with Crippen molar-refractivity contribution in [1.29, 1.82) is 0 Å². The van der Waals surface area contributed by atoms with Crippen LogP contribution in [0.25, 0.3) is 0 Å². The summed E-state index contributed by atoms with van der Waals surface area (Å²) < 4.78 is 19.6. The zero-order valence-electron chi connectivity index (χ0n) is 27.3. The molecule has 8 nitrogen and oxygen atoms in total. The first-order chi connectivity index (χ1) is 22.1. The Balaban J connectivity index is 1.10. The van der Waals surface area contributed by atoms with Gasteiger partial charge >= 0.3 is 7.12 Å². The number of aromatic nitrogens is 1. The van der Waals surface area contributed by atoms with Crippen LogP contribution in [-0.4, -0.2) is 53.6 Å². The molecule has 1 saturated heterocycles. The van der Waals surface area contributed by atoms with Crippen LogP contribution in [0.15, 0.2) is 84.1 Å². The summed E-state index contributed by atoms with van der Waals surface area (Å²) >= 11 is 0. The lowest BCUT2D eigenvalue weighted by Gasteiger charge is -2.64. The molecule has 4 fully saturated rings. The molecule has 8 rings (SSSR count). The first-order valence-corrected chi connectivity index (χ1v) is 16.6. The number of oxime groups is 1. The third-order valence-corrected chi connectivity index (χ3v) is 11.0. The first kappa shape index (κ1) is 31.1. The number of nitrogens with one attached hydrogen (secondary N) is 1. The lowest BCUT2D eigenvalue weighted by Crippen LogP contribution is -2.65. The Labute approximate surface area is 272 Å². The molecule has 2 aliphatic heterocycles. The molecule has 3 aromatic rings. The van der Waals surface area contributed by atoms with Crippen LogP contribution < -0.4 is 5.32 Å². The van der Waals surface area contributed by atoms with E-state index < -0.39 is 18.7 Å². The van der Waals surface area contributed by atoms with Crippen molar-refractivity contribution in [3.63, 3.8) is 0 Å². The van der Waals surface area contributed by atoms with Crippen molar-refractivity contribution in [2.75, 3.05) is 6.61 Å². The number of nitrogens with zero attached hydrogens (tertiary/aromatic N) is 2. The van der Waals surface area contributed by atoms with Gasteiger partial charge in [-0.05, 0) is 79.2 Å². The summed E-state index contributed by atoms with van der Waals surface area (Å²) in [6.45, 7) is 9.58. The van der Waals surface area contributed by atoms with Crippen LogP contribution in [0.3, 0.4) is 0 Å². The molecule has 3 saturated carbocycles. The summed E-state index contributed by atoms with van der Waals surface area (Å²) in [5, 5.41) is 7.76. The zero-order valence-corrected chi connectivity index (χ0v) is 27.3. The summed E-state index contributed by atoms with van der Waals surface area (Å²) in [4.78, 5) is 24.9. The van der Waals surface area contributed by atoms with Crippen molar-refractivity contribution in [3.05, 3.63) is 101 Å². The number of benzene rings is 2. The molecule has 240 valence electrons. The highest BCUT2D eigenvalue weighted by Gasteiger charge is 2.68. The van der Waals surface area contributed by atoms with Crippen molar-refractivity contribution >= 4 is 18.7 Å². The van der Waals surface area contributed by atoms with Gasteiger partial charge in [0.1, 0.15) is 0 Å². The van der Waals surface area contributed by atoms with Gasteiger partial charge in [0.25, 0.3) is 5.91 Å². The quantitative estimate of drug-likeness (QED) is 0.278. The molecule has 9 heteroatoms. The maximum absolute atomic E-state index is 14.5. The standard InChI is InChI=1S/C37H44BN3O5/c1-25-17-28(15-16-39-25)23-43-24-30-22-37(46-41-30,21-27-13-9-6-10-14-27)34(42)40-33(18-26-11-7-5-8-12-26)38-44-32-20-29-19-31(35(29,2)3)36(32,4)45-38/h5-17,29,31-33H,18-24H2,1-4H3,(H,40,42)/t29-,31-,32+,33-,36-,37?/m0/s1. The summed E-state index contributed by atoms with van der Waals surface area (Å²) in [7, 11) is -0.572. The van der Waals surface area contributed by atoms with E-state index >= 15 is 0 Å². The Bertz CT molecular complexity index is 1590. The number of amides is 1.